The van der Waals surface area contributed by atoms with Crippen molar-refractivity contribution >= 4 is 46.1 Å². The van der Waals surface area contributed by atoms with Crippen molar-refractivity contribution in [3.05, 3.63) is 83.9 Å². The standard InChI is InChI=1S/C34H30N2O7/c1-34-24(31(41)36(33(34)43)19-8-3-2-4-9-19)17-23-21(29(34)28-20-10-6-5-7-18(20)11-14-25(28)37)12-13-22-27(23)32(42)35(30(22)40)16-15-26(38)39/h2-12,14,22-24,27,29,37H,13,15-17H2,1H3,(H,38,39). The molecule has 2 aliphatic carbocycles. The molecule has 3 fully saturated rings. The minimum Gasteiger partial charge on any atom is -0.508 e. The molecule has 7 rings (SSSR count). The fourth-order valence-corrected chi connectivity index (χ4v) is 8.23. The summed E-state index contributed by atoms with van der Waals surface area (Å²) in [6.45, 7) is 1.58. The van der Waals surface area contributed by atoms with Crippen LogP contribution in [0.25, 0.3) is 10.8 Å². The highest BCUT2D eigenvalue weighted by Gasteiger charge is 2.68. The number of aromatic hydroxyl groups is 1. The molecule has 0 radical (unpaired) electrons. The van der Waals surface area contributed by atoms with E-state index in [1.165, 1.54) is 4.90 Å². The Balaban J connectivity index is 1.42. The lowest BCUT2D eigenvalue weighted by atomic mass is 9.51. The fraction of sp³-hybridized carbons (Fsp3) is 0.324. The number of amides is 4. The second kappa shape index (κ2) is 9.62. The Hall–Kier alpha value is -4.79. The molecule has 4 amide bonds. The van der Waals surface area contributed by atoms with Crippen LogP contribution in [-0.2, 0) is 24.0 Å². The lowest BCUT2D eigenvalue weighted by Crippen LogP contribution is -2.49. The van der Waals surface area contributed by atoms with Crippen molar-refractivity contribution in [1.82, 2.24) is 4.90 Å². The first kappa shape index (κ1) is 27.1. The number of likely N-dealkylation sites (tertiary alicyclic amines) is 1. The number of nitrogens with zero attached hydrogens (tertiary/aromatic N) is 2. The highest BCUT2D eigenvalue weighted by Crippen LogP contribution is 2.65. The van der Waals surface area contributed by atoms with Crippen LogP contribution in [0.2, 0.25) is 0 Å². The third kappa shape index (κ3) is 3.73. The molecule has 9 nitrogen and oxygen atoms in total. The summed E-state index contributed by atoms with van der Waals surface area (Å²) in [4.78, 5) is 69.5. The van der Waals surface area contributed by atoms with E-state index in [1.807, 2.05) is 30.3 Å². The molecule has 0 aromatic heterocycles. The first-order valence-corrected chi connectivity index (χ1v) is 14.6. The normalized spacial score (nSPS) is 29.9. The van der Waals surface area contributed by atoms with Crippen LogP contribution in [0.1, 0.15) is 37.7 Å². The molecule has 0 bridgehead atoms. The quantitative estimate of drug-likeness (QED) is 0.342. The van der Waals surface area contributed by atoms with E-state index in [2.05, 4.69) is 0 Å². The minimum absolute atomic E-state index is 0.0114. The molecule has 2 saturated heterocycles. The number of aliphatic carboxylic acids is 1. The molecular weight excluding hydrogens is 548 g/mol. The van der Waals surface area contributed by atoms with Crippen LogP contribution in [0, 0.1) is 29.1 Å². The number of imide groups is 2. The molecule has 1 saturated carbocycles. The summed E-state index contributed by atoms with van der Waals surface area (Å²) in [5.41, 5.74) is 0.466. The zero-order valence-corrected chi connectivity index (χ0v) is 23.5. The molecule has 218 valence electrons. The Morgan fingerprint density at radius 3 is 2.37 bits per heavy atom. The number of hydrogen-bond donors (Lipinski definition) is 2. The van der Waals surface area contributed by atoms with E-state index in [1.54, 1.807) is 49.4 Å². The summed E-state index contributed by atoms with van der Waals surface area (Å²) in [7, 11) is 0. The number of phenols is 1. The van der Waals surface area contributed by atoms with Gasteiger partial charge in [-0.2, -0.15) is 0 Å². The Kier molecular flexibility index (Phi) is 6.06. The SMILES string of the molecule is CC12C(=O)N(c3ccccc3)C(=O)C1CC1C(=CCC3C(=O)N(CCC(=O)O)C(=O)C31)C2c1c(O)ccc2ccccc12. The summed E-state index contributed by atoms with van der Waals surface area (Å²) in [6, 6.07) is 19.7. The number of para-hydroxylation sites is 1. The van der Waals surface area contributed by atoms with E-state index in [0.717, 1.165) is 21.2 Å². The first-order valence-electron chi connectivity index (χ1n) is 14.6. The maximum Gasteiger partial charge on any atom is 0.305 e. The summed E-state index contributed by atoms with van der Waals surface area (Å²) in [5, 5.41) is 22.3. The average Bonchev–Trinajstić information content (AvgIpc) is 3.36. The van der Waals surface area contributed by atoms with Gasteiger partial charge in [0.1, 0.15) is 5.75 Å². The number of anilines is 1. The molecular formula is C34H30N2O7. The number of hydrogen-bond acceptors (Lipinski definition) is 6. The van der Waals surface area contributed by atoms with Gasteiger partial charge in [0, 0.05) is 18.0 Å². The third-order valence-electron chi connectivity index (χ3n) is 10.2. The number of carbonyl (C=O) groups is 5. The predicted octanol–water partition coefficient (Wildman–Crippen LogP) is 4.25. The Morgan fingerprint density at radius 2 is 1.63 bits per heavy atom. The maximum absolute atomic E-state index is 14.5. The lowest BCUT2D eigenvalue weighted by molar-refractivity contribution is -0.142. The van der Waals surface area contributed by atoms with Crippen molar-refractivity contribution < 1.29 is 34.2 Å². The van der Waals surface area contributed by atoms with Gasteiger partial charge in [0.25, 0.3) is 0 Å². The second-order valence-electron chi connectivity index (χ2n) is 12.2. The molecule has 2 aliphatic heterocycles. The summed E-state index contributed by atoms with van der Waals surface area (Å²) < 4.78 is 0. The molecule has 9 heteroatoms. The Labute approximate surface area is 247 Å². The number of carboxylic acids is 1. The molecule has 43 heavy (non-hydrogen) atoms. The van der Waals surface area contributed by atoms with E-state index in [0.29, 0.717) is 11.3 Å². The van der Waals surface area contributed by atoms with Crippen LogP contribution in [0.4, 0.5) is 5.69 Å². The topological polar surface area (TPSA) is 132 Å². The zero-order chi connectivity index (χ0) is 30.2. The number of benzene rings is 3. The van der Waals surface area contributed by atoms with Crippen LogP contribution >= 0.6 is 0 Å². The maximum atomic E-state index is 14.5. The smallest absolute Gasteiger partial charge is 0.305 e. The highest BCUT2D eigenvalue weighted by molar-refractivity contribution is 6.24. The van der Waals surface area contributed by atoms with Gasteiger partial charge in [-0.25, -0.2) is 4.90 Å². The molecule has 6 atom stereocenters. The Morgan fingerprint density at radius 1 is 0.907 bits per heavy atom. The lowest BCUT2D eigenvalue weighted by Gasteiger charge is -2.49. The summed E-state index contributed by atoms with van der Waals surface area (Å²) in [6.07, 6.45) is 2.01. The van der Waals surface area contributed by atoms with E-state index >= 15 is 0 Å². The van der Waals surface area contributed by atoms with Gasteiger partial charge in [-0.3, -0.25) is 28.9 Å². The number of rotatable bonds is 5. The van der Waals surface area contributed by atoms with Gasteiger partial charge < -0.3 is 10.2 Å². The monoisotopic (exact) mass is 578 g/mol. The number of allylic oxidation sites excluding steroid dienone is 2. The van der Waals surface area contributed by atoms with Crippen molar-refractivity contribution in [2.45, 2.75) is 32.1 Å². The van der Waals surface area contributed by atoms with E-state index < -0.39 is 52.8 Å². The molecule has 6 unspecified atom stereocenters. The minimum atomic E-state index is -1.28. The molecule has 0 spiro atoms. The molecule has 4 aliphatic rings. The molecule has 2 N–H and O–H groups in total. The van der Waals surface area contributed by atoms with Crippen LogP contribution in [-0.4, -0.2) is 51.3 Å². The number of fused-ring (bicyclic) bond motifs is 5. The second-order valence-corrected chi connectivity index (χ2v) is 12.2. The van der Waals surface area contributed by atoms with E-state index in [-0.39, 0.29) is 43.4 Å². The van der Waals surface area contributed by atoms with Crippen molar-refractivity contribution in [2.24, 2.45) is 29.1 Å². The highest BCUT2D eigenvalue weighted by atomic mass is 16.4. The third-order valence-corrected chi connectivity index (χ3v) is 10.2. The van der Waals surface area contributed by atoms with Gasteiger partial charge in [0.2, 0.25) is 23.6 Å². The van der Waals surface area contributed by atoms with Crippen molar-refractivity contribution in [3.8, 4) is 5.75 Å². The van der Waals surface area contributed by atoms with Gasteiger partial charge >= 0.3 is 5.97 Å². The van der Waals surface area contributed by atoms with Gasteiger partial charge in [-0.15, -0.1) is 0 Å². The van der Waals surface area contributed by atoms with Crippen LogP contribution in [0.15, 0.2) is 78.4 Å². The van der Waals surface area contributed by atoms with E-state index in [9.17, 15) is 34.2 Å². The fourth-order valence-electron chi connectivity index (χ4n) is 8.23. The zero-order valence-electron chi connectivity index (χ0n) is 23.5. The van der Waals surface area contributed by atoms with Crippen LogP contribution in [0.5, 0.6) is 5.75 Å². The van der Waals surface area contributed by atoms with Crippen LogP contribution < -0.4 is 4.90 Å². The number of carbonyl (C=O) groups excluding carboxylic acids is 4. The summed E-state index contributed by atoms with van der Waals surface area (Å²) >= 11 is 0. The summed E-state index contributed by atoms with van der Waals surface area (Å²) in [5.74, 6) is -6.25. The van der Waals surface area contributed by atoms with Crippen molar-refractivity contribution in [2.75, 3.05) is 11.4 Å². The largest absolute Gasteiger partial charge is 0.508 e. The van der Waals surface area contributed by atoms with Gasteiger partial charge in [0.05, 0.1) is 35.3 Å². The van der Waals surface area contributed by atoms with E-state index in [4.69, 9.17) is 0 Å². The van der Waals surface area contributed by atoms with Crippen molar-refractivity contribution in [1.29, 1.82) is 0 Å². The van der Waals surface area contributed by atoms with Gasteiger partial charge in [0.15, 0.2) is 0 Å². The molecule has 2 heterocycles. The predicted molar refractivity (Wildman–Crippen MR) is 156 cm³/mol. The Bertz CT molecular complexity index is 1760. The van der Waals surface area contributed by atoms with Gasteiger partial charge in [-0.1, -0.05) is 60.2 Å². The molecule has 3 aromatic carbocycles. The molecule has 3 aromatic rings. The number of carboxylic acid groups (broad SMARTS) is 1. The average molecular weight is 579 g/mol. The van der Waals surface area contributed by atoms with Crippen LogP contribution in [0.3, 0.4) is 0 Å². The van der Waals surface area contributed by atoms with Gasteiger partial charge in [-0.05, 0) is 54.7 Å². The first-order chi connectivity index (χ1) is 20.6. The number of phenolic OH excluding ortho intramolecular Hbond substituents is 1. The van der Waals surface area contributed by atoms with Crippen molar-refractivity contribution in [3.63, 3.8) is 0 Å².